The summed E-state index contributed by atoms with van der Waals surface area (Å²) < 4.78 is 0. The number of rotatable bonds is 4. The van der Waals surface area contributed by atoms with E-state index in [4.69, 9.17) is 5.11 Å². The standard InChI is InChI=1S/C8H14N2O4/c1-4(9-6(3)11)7(12)10-5(2)8(13)14/h4-5H,1-3H3,(H,9,11)(H,10,12)(H,13,14)/t4-,5-/m1/s1. The van der Waals surface area contributed by atoms with Gasteiger partial charge < -0.3 is 15.7 Å². The third-order valence-electron chi connectivity index (χ3n) is 1.54. The molecular formula is C8H14N2O4. The Kier molecular flexibility index (Phi) is 4.62. The van der Waals surface area contributed by atoms with Crippen LogP contribution in [-0.2, 0) is 14.4 Å². The first-order valence-corrected chi connectivity index (χ1v) is 4.15. The van der Waals surface area contributed by atoms with Gasteiger partial charge in [0.1, 0.15) is 12.1 Å². The van der Waals surface area contributed by atoms with Crippen LogP contribution >= 0.6 is 0 Å². The van der Waals surface area contributed by atoms with Crippen LogP contribution in [0.5, 0.6) is 0 Å². The van der Waals surface area contributed by atoms with E-state index in [0.717, 1.165) is 0 Å². The number of carboxylic acid groups (broad SMARTS) is 1. The lowest BCUT2D eigenvalue weighted by Crippen LogP contribution is -2.48. The fraction of sp³-hybridized carbons (Fsp3) is 0.625. The average Bonchev–Trinajstić information content (AvgIpc) is 2.02. The van der Waals surface area contributed by atoms with Crippen molar-refractivity contribution in [3.63, 3.8) is 0 Å². The number of carbonyl (C=O) groups is 3. The summed E-state index contributed by atoms with van der Waals surface area (Å²) in [6, 6.07) is -1.69. The molecule has 0 fully saturated rings. The van der Waals surface area contributed by atoms with Gasteiger partial charge in [-0.2, -0.15) is 0 Å². The molecule has 0 aromatic rings. The van der Waals surface area contributed by atoms with E-state index in [9.17, 15) is 14.4 Å². The number of amides is 2. The molecule has 2 amide bonds. The first-order chi connectivity index (χ1) is 6.34. The SMILES string of the molecule is CC(=O)N[C@H](C)C(=O)N[C@H](C)C(=O)O. The Morgan fingerprint density at radius 3 is 1.93 bits per heavy atom. The van der Waals surface area contributed by atoms with Gasteiger partial charge in [-0.3, -0.25) is 14.4 Å². The van der Waals surface area contributed by atoms with Crippen LogP contribution in [0.4, 0.5) is 0 Å². The molecule has 0 spiro atoms. The second kappa shape index (κ2) is 5.21. The lowest BCUT2D eigenvalue weighted by molar-refractivity contribution is -0.141. The molecule has 80 valence electrons. The van der Waals surface area contributed by atoms with Gasteiger partial charge in [0.25, 0.3) is 0 Å². The zero-order chi connectivity index (χ0) is 11.3. The molecule has 2 atom stereocenters. The molecule has 0 aliphatic rings. The molecule has 0 saturated carbocycles. The van der Waals surface area contributed by atoms with E-state index < -0.39 is 24.0 Å². The number of hydrogen-bond donors (Lipinski definition) is 3. The molecule has 6 heteroatoms. The van der Waals surface area contributed by atoms with Crippen LogP contribution in [-0.4, -0.2) is 35.0 Å². The van der Waals surface area contributed by atoms with Gasteiger partial charge in [-0.15, -0.1) is 0 Å². The Hall–Kier alpha value is -1.59. The average molecular weight is 202 g/mol. The van der Waals surface area contributed by atoms with Gasteiger partial charge in [0.05, 0.1) is 0 Å². The van der Waals surface area contributed by atoms with Crippen LogP contribution in [0.15, 0.2) is 0 Å². The first-order valence-electron chi connectivity index (χ1n) is 4.15. The largest absolute Gasteiger partial charge is 0.480 e. The molecule has 0 bridgehead atoms. The molecule has 0 aromatic carbocycles. The van der Waals surface area contributed by atoms with E-state index in [1.54, 1.807) is 0 Å². The van der Waals surface area contributed by atoms with Crippen molar-refractivity contribution in [2.24, 2.45) is 0 Å². The van der Waals surface area contributed by atoms with Crippen molar-refractivity contribution in [2.45, 2.75) is 32.9 Å². The summed E-state index contributed by atoms with van der Waals surface area (Å²) in [6.45, 7) is 4.11. The molecule has 0 aromatic heterocycles. The van der Waals surface area contributed by atoms with Crippen molar-refractivity contribution in [1.82, 2.24) is 10.6 Å². The van der Waals surface area contributed by atoms with Gasteiger partial charge in [0.2, 0.25) is 11.8 Å². The monoisotopic (exact) mass is 202 g/mol. The van der Waals surface area contributed by atoms with E-state index in [1.807, 2.05) is 0 Å². The lowest BCUT2D eigenvalue weighted by atomic mass is 10.2. The van der Waals surface area contributed by atoms with Gasteiger partial charge in [-0.1, -0.05) is 0 Å². The minimum Gasteiger partial charge on any atom is -0.480 e. The Morgan fingerprint density at radius 2 is 1.57 bits per heavy atom. The molecule has 6 nitrogen and oxygen atoms in total. The minimum absolute atomic E-state index is 0.337. The van der Waals surface area contributed by atoms with Gasteiger partial charge in [0.15, 0.2) is 0 Å². The predicted molar refractivity (Wildman–Crippen MR) is 48.5 cm³/mol. The first kappa shape index (κ1) is 12.4. The number of aliphatic carboxylic acids is 1. The van der Waals surface area contributed by atoms with Gasteiger partial charge >= 0.3 is 5.97 Å². The maximum Gasteiger partial charge on any atom is 0.325 e. The van der Waals surface area contributed by atoms with Gasteiger partial charge in [-0.25, -0.2) is 0 Å². The maximum absolute atomic E-state index is 11.2. The van der Waals surface area contributed by atoms with Crippen LogP contribution in [0, 0.1) is 0 Å². The highest BCUT2D eigenvalue weighted by Crippen LogP contribution is 1.86. The van der Waals surface area contributed by atoms with Crippen molar-refractivity contribution < 1.29 is 19.5 Å². The zero-order valence-electron chi connectivity index (χ0n) is 8.33. The van der Waals surface area contributed by atoms with Crippen molar-refractivity contribution in [1.29, 1.82) is 0 Å². The van der Waals surface area contributed by atoms with Gasteiger partial charge in [-0.05, 0) is 13.8 Å². The molecule has 0 saturated heterocycles. The molecular weight excluding hydrogens is 188 g/mol. The molecule has 0 unspecified atom stereocenters. The highest BCUT2D eigenvalue weighted by atomic mass is 16.4. The Morgan fingerprint density at radius 1 is 1.07 bits per heavy atom. The highest BCUT2D eigenvalue weighted by molar-refractivity contribution is 5.89. The minimum atomic E-state index is -1.12. The summed E-state index contributed by atoms with van der Waals surface area (Å²) >= 11 is 0. The number of hydrogen-bond acceptors (Lipinski definition) is 3. The van der Waals surface area contributed by atoms with Crippen molar-refractivity contribution in [3.8, 4) is 0 Å². The lowest BCUT2D eigenvalue weighted by Gasteiger charge is -2.14. The quantitative estimate of drug-likeness (QED) is 0.550. The number of carbonyl (C=O) groups excluding carboxylic acids is 2. The second-order valence-electron chi connectivity index (χ2n) is 2.99. The third kappa shape index (κ3) is 4.44. The van der Waals surface area contributed by atoms with Crippen LogP contribution in [0.1, 0.15) is 20.8 Å². The molecule has 3 N–H and O–H groups in total. The summed E-state index contributed by atoms with van der Waals surface area (Å²) in [7, 11) is 0. The van der Waals surface area contributed by atoms with Gasteiger partial charge in [0, 0.05) is 6.92 Å². The van der Waals surface area contributed by atoms with E-state index in [1.165, 1.54) is 20.8 Å². The number of nitrogens with one attached hydrogen (secondary N) is 2. The van der Waals surface area contributed by atoms with Crippen LogP contribution in [0.3, 0.4) is 0 Å². The van der Waals surface area contributed by atoms with Crippen molar-refractivity contribution in [3.05, 3.63) is 0 Å². The third-order valence-corrected chi connectivity index (χ3v) is 1.54. The van der Waals surface area contributed by atoms with E-state index in [0.29, 0.717) is 0 Å². The Labute approximate surface area is 81.7 Å². The molecule has 0 heterocycles. The van der Waals surface area contributed by atoms with Crippen molar-refractivity contribution >= 4 is 17.8 Å². The molecule has 0 radical (unpaired) electrons. The van der Waals surface area contributed by atoms with E-state index >= 15 is 0 Å². The summed E-state index contributed by atoms with van der Waals surface area (Å²) in [5.41, 5.74) is 0. The summed E-state index contributed by atoms with van der Waals surface area (Å²) in [5, 5.41) is 13.1. The zero-order valence-corrected chi connectivity index (χ0v) is 8.33. The highest BCUT2D eigenvalue weighted by Gasteiger charge is 2.18. The fourth-order valence-corrected chi connectivity index (χ4v) is 0.771. The van der Waals surface area contributed by atoms with E-state index in [2.05, 4.69) is 10.6 Å². The molecule has 14 heavy (non-hydrogen) atoms. The normalized spacial score (nSPS) is 13.9. The summed E-state index contributed by atoms with van der Waals surface area (Å²) in [4.78, 5) is 32.2. The topological polar surface area (TPSA) is 95.5 Å². The summed E-state index contributed by atoms with van der Waals surface area (Å²) in [6.07, 6.45) is 0. The summed E-state index contributed by atoms with van der Waals surface area (Å²) in [5.74, 6) is -1.97. The Balaban J connectivity index is 4.07. The van der Waals surface area contributed by atoms with E-state index in [-0.39, 0.29) is 5.91 Å². The maximum atomic E-state index is 11.2. The second-order valence-corrected chi connectivity index (χ2v) is 2.99. The van der Waals surface area contributed by atoms with Crippen LogP contribution in [0.2, 0.25) is 0 Å². The smallest absolute Gasteiger partial charge is 0.325 e. The molecule has 0 aliphatic carbocycles. The number of carboxylic acids is 1. The van der Waals surface area contributed by atoms with Crippen molar-refractivity contribution in [2.75, 3.05) is 0 Å². The molecule has 0 rings (SSSR count). The predicted octanol–water partition coefficient (Wildman–Crippen LogP) is -0.900. The Bertz CT molecular complexity index is 252. The van der Waals surface area contributed by atoms with Crippen LogP contribution in [0.25, 0.3) is 0 Å². The molecule has 0 aliphatic heterocycles. The van der Waals surface area contributed by atoms with Crippen LogP contribution < -0.4 is 10.6 Å². The fourth-order valence-electron chi connectivity index (χ4n) is 0.771.